The monoisotopic (exact) mass is 1210 g/mol. The largest absolute Gasteiger partial charge is 0.413 e. The smallest absolute Gasteiger partial charge is 0.192 e. The molecule has 5 N–H and O–H groups in total. The summed E-state index contributed by atoms with van der Waals surface area (Å²) in [5.41, 5.74) is 8.79. The number of nitrogens with zero attached hydrogens (tertiary/aromatic N) is 5. The van der Waals surface area contributed by atoms with E-state index in [1.807, 2.05) is 35.0 Å². The highest BCUT2D eigenvalue weighted by Gasteiger charge is 2.41. The minimum atomic E-state index is -1.80. The van der Waals surface area contributed by atoms with Crippen LogP contribution in [-0.2, 0) is 20.3 Å². The molecular formula is C69H110N8O5Si3. The lowest BCUT2D eigenvalue weighted by Gasteiger charge is -2.43. The van der Waals surface area contributed by atoms with Crippen LogP contribution in [-0.4, -0.2) is 138 Å². The first-order valence-electron chi connectivity index (χ1n) is 31.5. The van der Waals surface area contributed by atoms with E-state index >= 15 is 0 Å². The van der Waals surface area contributed by atoms with Gasteiger partial charge in [0.25, 0.3) is 0 Å². The van der Waals surface area contributed by atoms with Crippen molar-refractivity contribution in [2.24, 2.45) is 0 Å². The number of aliphatic hydroxyl groups is 2. The van der Waals surface area contributed by atoms with E-state index < -0.39 is 24.7 Å². The average molecular weight is 1220 g/mol. The zero-order chi connectivity index (χ0) is 60.5. The Kier molecular flexibility index (Phi) is 26.1. The van der Waals surface area contributed by atoms with E-state index in [0.29, 0.717) is 24.4 Å². The molecule has 6 aromatic rings. The normalized spacial score (nSPS) is 20.1. The summed E-state index contributed by atoms with van der Waals surface area (Å²) in [6.45, 7) is 39.5. The molecule has 85 heavy (non-hydrogen) atoms. The third kappa shape index (κ3) is 21.5. The van der Waals surface area contributed by atoms with Crippen molar-refractivity contribution < 1.29 is 23.8 Å². The predicted octanol–water partition coefficient (Wildman–Crippen LogP) is 15.3. The Labute approximate surface area is 515 Å². The Morgan fingerprint density at radius 3 is 1.66 bits per heavy atom. The average Bonchev–Trinajstić information content (AvgIpc) is 4.03. The fourth-order valence-corrected chi connectivity index (χ4v) is 13.9. The number of aromatic amines is 1. The van der Waals surface area contributed by atoms with Gasteiger partial charge in [-0.15, -0.1) is 0 Å². The number of β-amino-alcohol motifs (C(OH)–C–C–N with tert-alkyl or cyclic N) is 2. The van der Waals surface area contributed by atoms with E-state index in [4.69, 9.17) is 23.8 Å². The molecule has 4 aliphatic heterocycles. The first-order chi connectivity index (χ1) is 39.8. The van der Waals surface area contributed by atoms with Crippen LogP contribution in [0.3, 0.4) is 0 Å². The maximum absolute atomic E-state index is 9.91. The van der Waals surface area contributed by atoms with Gasteiger partial charge in [0, 0.05) is 76.1 Å². The van der Waals surface area contributed by atoms with Crippen molar-refractivity contribution in [2.45, 2.75) is 193 Å². The van der Waals surface area contributed by atoms with Crippen LogP contribution in [0.15, 0.2) is 97.1 Å². The lowest BCUT2D eigenvalue weighted by molar-refractivity contribution is 0.0816. The molecule has 0 amide bonds. The van der Waals surface area contributed by atoms with Crippen LogP contribution in [0.1, 0.15) is 123 Å². The van der Waals surface area contributed by atoms with Gasteiger partial charge in [0.2, 0.25) is 0 Å². The Morgan fingerprint density at radius 1 is 0.588 bits per heavy atom. The number of aromatic nitrogens is 4. The fourth-order valence-electron chi connectivity index (χ4n) is 10.4. The number of nitrogens with one attached hydrogen (secondary N) is 3. The summed E-state index contributed by atoms with van der Waals surface area (Å²) in [7, 11) is -4.47. The molecule has 0 saturated carbocycles. The van der Waals surface area contributed by atoms with Crippen LogP contribution in [0.4, 0.5) is 11.4 Å². The molecule has 4 aromatic carbocycles. The molecule has 0 aliphatic carbocycles. The van der Waals surface area contributed by atoms with Gasteiger partial charge in [0.15, 0.2) is 16.6 Å². The number of H-pyrrole nitrogens is 1. The van der Waals surface area contributed by atoms with Gasteiger partial charge in [0.1, 0.15) is 6.73 Å². The minimum absolute atomic E-state index is 0. The quantitative estimate of drug-likeness (QED) is 0.0495. The Balaban J connectivity index is 0.000000211. The number of hydrogen-bond acceptors (Lipinski definition) is 11. The van der Waals surface area contributed by atoms with E-state index in [-0.39, 0.29) is 30.8 Å². The number of benzene rings is 4. The van der Waals surface area contributed by atoms with Crippen molar-refractivity contribution in [3.63, 3.8) is 0 Å². The molecule has 0 radical (unpaired) electrons. The van der Waals surface area contributed by atoms with Gasteiger partial charge in [-0.25, -0.2) is 4.68 Å². The van der Waals surface area contributed by atoms with Crippen LogP contribution >= 0.6 is 0 Å². The number of aliphatic hydroxyl groups excluding tert-OH is 2. The second kappa shape index (κ2) is 32.0. The number of ether oxygens (including phenoxy) is 1. The summed E-state index contributed by atoms with van der Waals surface area (Å²) in [6, 6.07) is 34.9. The molecular weight excluding hydrogens is 1110 g/mol. The summed E-state index contributed by atoms with van der Waals surface area (Å²) in [5.74, 6) is 0. The van der Waals surface area contributed by atoms with Crippen molar-refractivity contribution in [2.75, 3.05) is 68.8 Å². The van der Waals surface area contributed by atoms with E-state index in [2.05, 4.69) is 209 Å². The summed E-state index contributed by atoms with van der Waals surface area (Å²) in [4.78, 5) is 4.76. The Bertz CT molecular complexity index is 2970. The highest BCUT2D eigenvalue weighted by Crippen LogP contribution is 2.40. The summed E-state index contributed by atoms with van der Waals surface area (Å²) in [6.07, 6.45) is 17.7. The van der Waals surface area contributed by atoms with Crippen LogP contribution in [0.5, 0.6) is 0 Å². The number of anilines is 2. The van der Waals surface area contributed by atoms with Gasteiger partial charge in [-0.1, -0.05) is 141 Å². The molecule has 468 valence electrons. The third-order valence-electron chi connectivity index (χ3n) is 17.6. The van der Waals surface area contributed by atoms with E-state index in [1.54, 1.807) is 0 Å². The first-order valence-corrected chi connectivity index (χ1v) is 41.0. The van der Waals surface area contributed by atoms with Crippen LogP contribution in [0, 0.1) is 0 Å². The standard InChI is InChI=1S/C32H49N3O2Si2.C20H21N3O.C11H25NOSi.C5H11NO.CH4/c1-32(2,3)39(7,8)37-28-15-12-20-34(24-28)27-17-19-31-29(23-27)30(18-16-26-13-10-9-11-14-26)33-35(31)25-36-21-22-38(4,5)6;24-17-7-4-12-23(14-17)16-9-11-20-18(13-16)19(21-22-20)10-8-15-5-2-1-3-6-15;1-11(2,3)14(4,5)13-10-7-6-8-12-9-10;7-5-2-1-3-6-4-5;/h9-11,13-14,16-19,23,28H,12,15,20-22,24-25H2,1-8H3;1-3,5-6,8-11,13,17,24H,4,7,12,14H2,(H,21,22);10,12H,6-9H2,1-5H3;5-7H,1-4H2;1H4/b18-16+;10-8+;;;. The summed E-state index contributed by atoms with van der Waals surface area (Å²) >= 11 is 0. The van der Waals surface area contributed by atoms with Crippen molar-refractivity contribution in [1.82, 2.24) is 30.6 Å². The highest BCUT2D eigenvalue weighted by atomic mass is 28.4. The first kappa shape index (κ1) is 69.4. The molecule has 0 bridgehead atoms. The maximum Gasteiger partial charge on any atom is 0.192 e. The van der Waals surface area contributed by atoms with Crippen molar-refractivity contribution in [3.05, 3.63) is 120 Å². The van der Waals surface area contributed by atoms with Gasteiger partial charge >= 0.3 is 0 Å². The SMILES string of the molecule is C.CC(C)(C)[Si](C)(C)OC1CCCN(c2ccc3c(c2)c(/C=C/c2ccccc2)nn3COCC[Si](C)(C)C)C1.CC(C)(C)[Si](C)(C)OC1CCCNC1.OC1CCCN(c2ccc3[nH]nc(/C=C/c4ccccc4)c3c2)C1.OC1CCCNC1. The molecule has 4 unspecified atom stereocenters. The minimum Gasteiger partial charge on any atom is -0.413 e. The van der Waals surface area contributed by atoms with E-state index in [9.17, 15) is 5.11 Å². The van der Waals surface area contributed by atoms with Gasteiger partial charge in [-0.05, 0) is 166 Å². The second-order valence-electron chi connectivity index (χ2n) is 27.9. The molecule has 10 rings (SSSR count). The Hall–Kier alpha value is -4.73. The molecule has 2 aromatic heterocycles. The number of piperidine rings is 4. The van der Waals surface area contributed by atoms with Crippen LogP contribution < -0.4 is 20.4 Å². The van der Waals surface area contributed by atoms with Gasteiger partial charge in [-0.3, -0.25) is 5.10 Å². The summed E-state index contributed by atoms with van der Waals surface area (Å²) < 4.78 is 21.3. The van der Waals surface area contributed by atoms with Crippen molar-refractivity contribution in [1.29, 1.82) is 0 Å². The molecule has 13 nitrogen and oxygen atoms in total. The molecule has 6 heterocycles. The van der Waals surface area contributed by atoms with Crippen LogP contribution in [0.2, 0.25) is 61.9 Å². The lowest BCUT2D eigenvalue weighted by Crippen LogP contribution is -2.49. The maximum atomic E-state index is 9.91. The molecule has 0 spiro atoms. The lowest BCUT2D eigenvalue weighted by atomic mass is 10.1. The zero-order valence-corrected chi connectivity index (χ0v) is 56.6. The predicted molar refractivity (Wildman–Crippen MR) is 371 cm³/mol. The van der Waals surface area contributed by atoms with Crippen molar-refractivity contribution in [3.8, 4) is 0 Å². The van der Waals surface area contributed by atoms with E-state index in [1.165, 1.54) is 29.5 Å². The third-order valence-corrected chi connectivity index (χ3v) is 28.4. The molecule has 4 saturated heterocycles. The van der Waals surface area contributed by atoms with Crippen LogP contribution in [0.25, 0.3) is 46.1 Å². The fraction of sp³-hybridized carbons (Fsp3) is 0.565. The zero-order valence-electron chi connectivity index (χ0n) is 53.6. The summed E-state index contributed by atoms with van der Waals surface area (Å²) in [5, 5.41) is 40.6. The van der Waals surface area contributed by atoms with Gasteiger partial charge in [-0.2, -0.15) is 10.2 Å². The van der Waals surface area contributed by atoms with Gasteiger partial charge < -0.3 is 44.2 Å². The molecule has 4 fully saturated rings. The molecule has 4 atom stereocenters. The molecule has 4 aliphatic rings. The number of fused-ring (bicyclic) bond motifs is 2. The van der Waals surface area contributed by atoms with Crippen molar-refractivity contribution >= 4 is 82.2 Å². The van der Waals surface area contributed by atoms with E-state index in [0.717, 1.165) is 136 Å². The topological polar surface area (TPSA) is 145 Å². The Morgan fingerprint density at radius 2 is 1.12 bits per heavy atom. The second-order valence-corrected chi connectivity index (χ2v) is 43.1. The van der Waals surface area contributed by atoms with Gasteiger partial charge in [0.05, 0.1) is 46.8 Å². The number of hydrogen-bond donors (Lipinski definition) is 5. The molecule has 16 heteroatoms. The highest BCUT2D eigenvalue weighted by molar-refractivity contribution is 6.76. The number of rotatable bonds is 15.